The number of carbonyl (C=O) groups excluding carboxylic acids is 2. The number of ether oxygens (including phenoxy) is 1. The normalized spacial score (nSPS) is 10.6. The van der Waals surface area contributed by atoms with Crippen molar-refractivity contribution in [2.45, 2.75) is 20.0 Å². The van der Waals surface area contributed by atoms with Crippen LogP contribution in [0.5, 0.6) is 0 Å². The van der Waals surface area contributed by atoms with Crippen LogP contribution in [-0.2, 0) is 16.1 Å². The highest BCUT2D eigenvalue weighted by molar-refractivity contribution is 5.94. The first-order valence-electron chi connectivity index (χ1n) is 8.71. The minimum Gasteiger partial charge on any atom is -0.456 e. The summed E-state index contributed by atoms with van der Waals surface area (Å²) in [5, 5.41) is 6.20. The molecule has 1 heterocycles. The standard InChI is InChI=1S/C20H17F2N3O4/c1-12-2-4-13(5-3-12)19-24-17(29-25-19)11-28-18(26)8-9-23-20(27)15-7-6-14(21)10-16(15)22/h2-7,10H,8-9,11H2,1H3,(H,23,27). The summed E-state index contributed by atoms with van der Waals surface area (Å²) in [6, 6.07) is 10.1. The molecule has 0 saturated heterocycles. The van der Waals surface area contributed by atoms with Crippen molar-refractivity contribution in [3.63, 3.8) is 0 Å². The lowest BCUT2D eigenvalue weighted by Crippen LogP contribution is -2.27. The molecule has 1 N–H and O–H groups in total. The predicted octanol–water partition coefficient (Wildman–Crippen LogP) is 3.19. The van der Waals surface area contributed by atoms with Gasteiger partial charge in [0.15, 0.2) is 6.61 Å². The van der Waals surface area contributed by atoms with Crippen molar-refractivity contribution >= 4 is 11.9 Å². The molecule has 0 bridgehead atoms. The molecule has 1 aromatic heterocycles. The highest BCUT2D eigenvalue weighted by atomic mass is 19.1. The van der Waals surface area contributed by atoms with Crippen LogP contribution in [-0.4, -0.2) is 28.6 Å². The Morgan fingerprint density at radius 3 is 2.62 bits per heavy atom. The second kappa shape index (κ2) is 9.05. The molecule has 7 nitrogen and oxygen atoms in total. The molecule has 0 fully saturated rings. The van der Waals surface area contributed by atoms with Gasteiger partial charge in [0, 0.05) is 18.2 Å². The number of amides is 1. The number of aromatic nitrogens is 2. The van der Waals surface area contributed by atoms with Gasteiger partial charge in [0.25, 0.3) is 11.8 Å². The summed E-state index contributed by atoms with van der Waals surface area (Å²) in [6.45, 7) is 1.68. The molecule has 0 unspecified atom stereocenters. The average Bonchev–Trinajstić information content (AvgIpc) is 3.16. The van der Waals surface area contributed by atoms with Gasteiger partial charge in [0.05, 0.1) is 12.0 Å². The molecule has 0 aliphatic rings. The van der Waals surface area contributed by atoms with Crippen LogP contribution in [0.25, 0.3) is 11.4 Å². The SMILES string of the molecule is Cc1ccc(-c2noc(COC(=O)CCNC(=O)c3ccc(F)cc3F)n2)cc1. The summed E-state index contributed by atoms with van der Waals surface area (Å²) in [7, 11) is 0. The molecule has 3 rings (SSSR count). The first-order valence-corrected chi connectivity index (χ1v) is 8.71. The van der Waals surface area contributed by atoms with Gasteiger partial charge in [0.2, 0.25) is 5.82 Å². The molecular weight excluding hydrogens is 384 g/mol. The van der Waals surface area contributed by atoms with E-state index in [9.17, 15) is 18.4 Å². The van der Waals surface area contributed by atoms with Gasteiger partial charge in [-0.3, -0.25) is 9.59 Å². The van der Waals surface area contributed by atoms with Gasteiger partial charge in [-0.1, -0.05) is 35.0 Å². The molecule has 3 aromatic rings. The summed E-state index contributed by atoms with van der Waals surface area (Å²) in [5.74, 6) is -2.62. The number of aryl methyl sites for hydroxylation is 1. The number of benzene rings is 2. The fourth-order valence-electron chi connectivity index (χ4n) is 2.39. The predicted molar refractivity (Wildman–Crippen MR) is 97.6 cm³/mol. The van der Waals surface area contributed by atoms with Gasteiger partial charge in [-0.25, -0.2) is 8.78 Å². The van der Waals surface area contributed by atoms with Crippen molar-refractivity contribution in [3.05, 3.63) is 71.1 Å². The number of esters is 1. The Balaban J connectivity index is 1.43. The Labute approximate surface area is 164 Å². The average molecular weight is 401 g/mol. The van der Waals surface area contributed by atoms with Crippen LogP contribution in [0.1, 0.15) is 28.2 Å². The van der Waals surface area contributed by atoms with Crippen molar-refractivity contribution in [2.24, 2.45) is 0 Å². The molecule has 0 aliphatic carbocycles. The number of halogens is 2. The Bertz CT molecular complexity index is 1020. The lowest BCUT2D eigenvalue weighted by molar-refractivity contribution is -0.145. The van der Waals surface area contributed by atoms with Gasteiger partial charge >= 0.3 is 5.97 Å². The van der Waals surface area contributed by atoms with E-state index < -0.39 is 23.5 Å². The molecular formula is C20H17F2N3O4. The van der Waals surface area contributed by atoms with E-state index in [1.54, 1.807) is 0 Å². The summed E-state index contributed by atoms with van der Waals surface area (Å²) in [5.41, 5.74) is 1.56. The first kappa shape index (κ1) is 20.1. The van der Waals surface area contributed by atoms with E-state index in [1.165, 1.54) is 0 Å². The third-order valence-corrected chi connectivity index (χ3v) is 3.92. The number of nitrogens with zero attached hydrogens (tertiary/aromatic N) is 2. The monoisotopic (exact) mass is 401 g/mol. The number of rotatable bonds is 7. The van der Waals surface area contributed by atoms with Crippen molar-refractivity contribution in [1.82, 2.24) is 15.5 Å². The maximum absolute atomic E-state index is 13.5. The molecule has 9 heteroatoms. The van der Waals surface area contributed by atoms with Gasteiger partial charge in [-0.15, -0.1) is 0 Å². The zero-order chi connectivity index (χ0) is 20.8. The third-order valence-electron chi connectivity index (χ3n) is 3.92. The summed E-state index contributed by atoms with van der Waals surface area (Å²) in [4.78, 5) is 27.8. The fraction of sp³-hybridized carbons (Fsp3) is 0.200. The highest BCUT2D eigenvalue weighted by Gasteiger charge is 2.14. The quantitative estimate of drug-likeness (QED) is 0.611. The molecule has 29 heavy (non-hydrogen) atoms. The molecule has 0 atom stereocenters. The third kappa shape index (κ3) is 5.44. The molecule has 0 radical (unpaired) electrons. The zero-order valence-electron chi connectivity index (χ0n) is 15.4. The minimum atomic E-state index is -0.981. The summed E-state index contributed by atoms with van der Waals surface area (Å²) < 4.78 is 36.4. The molecule has 0 spiro atoms. The number of nitrogens with one attached hydrogen (secondary N) is 1. The van der Waals surface area contributed by atoms with E-state index in [0.717, 1.165) is 23.3 Å². The Morgan fingerprint density at radius 1 is 1.14 bits per heavy atom. The smallest absolute Gasteiger partial charge is 0.308 e. The van der Waals surface area contributed by atoms with Crippen LogP contribution in [0, 0.1) is 18.6 Å². The van der Waals surface area contributed by atoms with Crippen LogP contribution in [0.2, 0.25) is 0 Å². The molecule has 1 amide bonds. The number of hydrogen-bond acceptors (Lipinski definition) is 6. The maximum Gasteiger partial charge on any atom is 0.308 e. The Hall–Kier alpha value is -3.62. The minimum absolute atomic E-state index is 0.0765. The number of carbonyl (C=O) groups is 2. The topological polar surface area (TPSA) is 94.3 Å². The van der Waals surface area contributed by atoms with Crippen LogP contribution in [0.3, 0.4) is 0 Å². The maximum atomic E-state index is 13.5. The van der Waals surface area contributed by atoms with Gasteiger partial charge in [-0.2, -0.15) is 4.98 Å². The summed E-state index contributed by atoms with van der Waals surface area (Å²) in [6.07, 6.45) is -0.145. The summed E-state index contributed by atoms with van der Waals surface area (Å²) >= 11 is 0. The largest absolute Gasteiger partial charge is 0.456 e. The van der Waals surface area contributed by atoms with Crippen LogP contribution >= 0.6 is 0 Å². The Kier molecular flexibility index (Phi) is 6.28. The van der Waals surface area contributed by atoms with Gasteiger partial charge < -0.3 is 14.6 Å². The van der Waals surface area contributed by atoms with Crippen molar-refractivity contribution < 1.29 is 27.6 Å². The van der Waals surface area contributed by atoms with Crippen LogP contribution < -0.4 is 5.32 Å². The van der Waals surface area contributed by atoms with E-state index in [1.807, 2.05) is 31.2 Å². The molecule has 0 saturated carbocycles. The molecule has 0 aliphatic heterocycles. The van der Waals surface area contributed by atoms with E-state index in [-0.39, 0.29) is 31.0 Å². The van der Waals surface area contributed by atoms with Gasteiger partial charge in [-0.05, 0) is 19.1 Å². The lowest BCUT2D eigenvalue weighted by Gasteiger charge is -2.06. The molecule has 2 aromatic carbocycles. The first-order chi connectivity index (χ1) is 13.9. The van der Waals surface area contributed by atoms with E-state index in [0.29, 0.717) is 11.9 Å². The van der Waals surface area contributed by atoms with Crippen molar-refractivity contribution in [1.29, 1.82) is 0 Å². The van der Waals surface area contributed by atoms with Crippen molar-refractivity contribution in [2.75, 3.05) is 6.54 Å². The van der Waals surface area contributed by atoms with Crippen LogP contribution in [0.4, 0.5) is 8.78 Å². The van der Waals surface area contributed by atoms with Crippen molar-refractivity contribution in [3.8, 4) is 11.4 Å². The lowest BCUT2D eigenvalue weighted by atomic mass is 10.1. The molecule has 150 valence electrons. The van der Waals surface area contributed by atoms with Gasteiger partial charge in [0.1, 0.15) is 11.6 Å². The Morgan fingerprint density at radius 2 is 1.90 bits per heavy atom. The number of hydrogen-bond donors (Lipinski definition) is 1. The van der Waals surface area contributed by atoms with Crippen LogP contribution in [0.15, 0.2) is 47.0 Å². The zero-order valence-corrected chi connectivity index (χ0v) is 15.4. The van der Waals surface area contributed by atoms with E-state index >= 15 is 0 Å². The second-order valence-corrected chi connectivity index (χ2v) is 6.17. The highest BCUT2D eigenvalue weighted by Crippen LogP contribution is 2.16. The fourth-order valence-corrected chi connectivity index (χ4v) is 2.39. The second-order valence-electron chi connectivity index (χ2n) is 6.17. The van der Waals surface area contributed by atoms with E-state index in [4.69, 9.17) is 9.26 Å². The van der Waals surface area contributed by atoms with E-state index in [2.05, 4.69) is 15.5 Å².